The molecule has 1 unspecified atom stereocenters. The maximum absolute atomic E-state index is 12.7. The Morgan fingerprint density at radius 3 is 2.71 bits per heavy atom. The fraction of sp³-hybridized carbons (Fsp3) is 0.423. The van der Waals surface area contributed by atoms with Crippen LogP contribution in [0, 0.1) is 11.3 Å². The van der Waals surface area contributed by atoms with E-state index in [1.165, 1.54) is 5.56 Å². The van der Waals surface area contributed by atoms with Crippen molar-refractivity contribution in [3.8, 4) is 5.75 Å². The number of piperidine rings is 1. The summed E-state index contributed by atoms with van der Waals surface area (Å²) in [6, 6.07) is 18.2. The van der Waals surface area contributed by atoms with Crippen molar-refractivity contribution >= 4 is 23.6 Å². The molecule has 5 heteroatoms. The molecule has 164 valence electrons. The summed E-state index contributed by atoms with van der Waals surface area (Å²) >= 11 is 6.49. The van der Waals surface area contributed by atoms with Crippen LogP contribution in [0.1, 0.15) is 30.4 Å². The third-order valence-corrected chi connectivity index (χ3v) is 6.93. The van der Waals surface area contributed by atoms with E-state index in [9.17, 15) is 4.79 Å². The summed E-state index contributed by atoms with van der Waals surface area (Å²) < 4.78 is 5.26. The molecular weight excluding hydrogens is 408 g/mol. The van der Waals surface area contributed by atoms with Gasteiger partial charge >= 0.3 is 0 Å². The van der Waals surface area contributed by atoms with Crippen LogP contribution in [0.25, 0.3) is 6.08 Å². The van der Waals surface area contributed by atoms with Crippen LogP contribution >= 0.6 is 11.6 Å². The first-order chi connectivity index (χ1) is 15.1. The van der Waals surface area contributed by atoms with Gasteiger partial charge < -0.3 is 10.1 Å². The lowest BCUT2D eigenvalue weighted by atomic mass is 9.90. The lowest BCUT2D eigenvalue weighted by Crippen LogP contribution is -2.38. The van der Waals surface area contributed by atoms with Crippen molar-refractivity contribution in [1.82, 2.24) is 10.2 Å². The summed E-state index contributed by atoms with van der Waals surface area (Å²) in [5, 5.41) is 4.01. The zero-order valence-electron chi connectivity index (χ0n) is 18.1. The first-order valence-corrected chi connectivity index (χ1v) is 11.5. The van der Waals surface area contributed by atoms with Gasteiger partial charge in [0.1, 0.15) is 5.75 Å². The summed E-state index contributed by atoms with van der Waals surface area (Å²) in [6.45, 7) is 3.47. The molecule has 1 atom stereocenters. The standard InChI is InChI=1S/C26H31ClN2O2/c1-31-23-9-5-8-21(17-23)10-13-28-25(30)24-18-26(24)11-14-29(15-12-26)19-22(27)16-20-6-3-2-4-7-20/h2-9,16-17,24H,10-15,18-19H2,1H3,(H,28,30)/b22-16-. The Morgan fingerprint density at radius 1 is 1.19 bits per heavy atom. The Bertz CT molecular complexity index is 920. The van der Waals surface area contributed by atoms with Gasteiger partial charge in [0.25, 0.3) is 0 Å². The van der Waals surface area contributed by atoms with E-state index < -0.39 is 0 Å². The van der Waals surface area contributed by atoms with Gasteiger partial charge in [-0.05, 0) is 73.5 Å². The lowest BCUT2D eigenvalue weighted by molar-refractivity contribution is -0.123. The Labute approximate surface area is 190 Å². The van der Waals surface area contributed by atoms with E-state index >= 15 is 0 Å². The molecule has 1 amide bonds. The second-order valence-electron chi connectivity index (χ2n) is 8.79. The smallest absolute Gasteiger partial charge is 0.223 e. The molecule has 0 bridgehead atoms. The predicted octanol–water partition coefficient (Wildman–Crippen LogP) is 4.74. The third-order valence-electron chi connectivity index (χ3n) is 6.70. The predicted molar refractivity (Wildman–Crippen MR) is 126 cm³/mol. The number of amides is 1. The van der Waals surface area contributed by atoms with Gasteiger partial charge in [-0.2, -0.15) is 0 Å². The normalized spacial score (nSPS) is 20.5. The summed E-state index contributed by atoms with van der Waals surface area (Å²) in [4.78, 5) is 15.1. The maximum Gasteiger partial charge on any atom is 0.223 e. The quantitative estimate of drug-likeness (QED) is 0.647. The minimum Gasteiger partial charge on any atom is -0.497 e. The van der Waals surface area contributed by atoms with E-state index in [-0.39, 0.29) is 17.2 Å². The highest BCUT2D eigenvalue weighted by Gasteiger charge is 2.58. The molecule has 4 nitrogen and oxygen atoms in total. The van der Waals surface area contributed by atoms with Crippen LogP contribution < -0.4 is 10.1 Å². The monoisotopic (exact) mass is 438 g/mol. The van der Waals surface area contributed by atoms with Crippen LogP contribution in [0.15, 0.2) is 59.6 Å². The molecule has 1 saturated carbocycles. The number of nitrogens with zero attached hydrogens (tertiary/aromatic N) is 1. The maximum atomic E-state index is 12.7. The van der Waals surface area contributed by atoms with Crippen LogP contribution in [0.2, 0.25) is 0 Å². The van der Waals surface area contributed by atoms with Crippen LogP contribution in [0.5, 0.6) is 5.75 Å². The number of methoxy groups -OCH3 is 1. The fourth-order valence-electron chi connectivity index (χ4n) is 4.70. The minimum atomic E-state index is 0.176. The van der Waals surface area contributed by atoms with Crippen LogP contribution in [0.4, 0.5) is 0 Å². The van der Waals surface area contributed by atoms with Gasteiger partial charge in [-0.3, -0.25) is 9.69 Å². The van der Waals surface area contributed by atoms with E-state index in [0.29, 0.717) is 6.54 Å². The average Bonchev–Trinajstić information content (AvgIpc) is 3.50. The van der Waals surface area contributed by atoms with E-state index in [1.807, 2.05) is 42.5 Å². The molecule has 2 aliphatic rings. The Hall–Kier alpha value is -2.30. The molecule has 2 aromatic carbocycles. The highest BCUT2D eigenvalue weighted by atomic mass is 35.5. The third kappa shape index (κ3) is 5.69. The number of carbonyl (C=O) groups excluding carboxylic acids is 1. The summed E-state index contributed by atoms with van der Waals surface area (Å²) in [5.74, 6) is 1.25. The number of nitrogens with one attached hydrogen (secondary N) is 1. The Balaban J connectivity index is 1.19. The van der Waals surface area contributed by atoms with Gasteiger partial charge in [-0.15, -0.1) is 0 Å². The lowest BCUT2D eigenvalue weighted by Gasteiger charge is -2.32. The zero-order chi connectivity index (χ0) is 21.7. The second-order valence-corrected chi connectivity index (χ2v) is 9.28. The van der Waals surface area contributed by atoms with E-state index in [1.54, 1.807) is 7.11 Å². The average molecular weight is 439 g/mol. The molecular formula is C26H31ClN2O2. The molecule has 1 aliphatic heterocycles. The molecule has 31 heavy (non-hydrogen) atoms. The second kappa shape index (κ2) is 9.88. The van der Waals surface area contributed by atoms with Gasteiger partial charge in [0, 0.05) is 24.0 Å². The largest absolute Gasteiger partial charge is 0.497 e. The molecule has 0 aromatic heterocycles. The Kier molecular flexibility index (Phi) is 6.99. The molecule has 0 radical (unpaired) electrons. The van der Waals surface area contributed by atoms with Crippen molar-refractivity contribution in [3.05, 3.63) is 70.8 Å². The number of hydrogen-bond donors (Lipinski definition) is 1. The van der Waals surface area contributed by atoms with Gasteiger partial charge in [-0.1, -0.05) is 54.1 Å². The van der Waals surface area contributed by atoms with Gasteiger partial charge in [0.15, 0.2) is 0 Å². The number of likely N-dealkylation sites (tertiary alicyclic amines) is 1. The van der Waals surface area contributed by atoms with Gasteiger partial charge in [0.2, 0.25) is 5.91 Å². The SMILES string of the molecule is COc1cccc(CCNC(=O)C2CC23CCN(C/C(Cl)=C/c2ccccc2)CC3)c1. The molecule has 4 rings (SSSR count). The number of hydrogen-bond acceptors (Lipinski definition) is 3. The number of carbonyl (C=O) groups is 1. The molecule has 1 N–H and O–H groups in total. The minimum absolute atomic E-state index is 0.176. The van der Waals surface area contributed by atoms with Crippen molar-refractivity contribution in [1.29, 1.82) is 0 Å². The van der Waals surface area contributed by atoms with E-state index in [0.717, 1.165) is 61.7 Å². The molecule has 2 fully saturated rings. The molecule has 1 spiro atoms. The van der Waals surface area contributed by atoms with Crippen molar-refractivity contribution < 1.29 is 9.53 Å². The van der Waals surface area contributed by atoms with Crippen molar-refractivity contribution in [3.63, 3.8) is 0 Å². The highest BCUT2D eigenvalue weighted by Crippen LogP contribution is 2.59. The zero-order valence-corrected chi connectivity index (χ0v) is 18.9. The summed E-state index contributed by atoms with van der Waals surface area (Å²) in [7, 11) is 1.67. The van der Waals surface area contributed by atoms with Crippen molar-refractivity contribution in [2.45, 2.75) is 25.7 Å². The number of ether oxygens (including phenoxy) is 1. The van der Waals surface area contributed by atoms with E-state index in [2.05, 4.69) is 28.4 Å². The first kappa shape index (κ1) is 21.9. The Morgan fingerprint density at radius 2 is 1.97 bits per heavy atom. The molecule has 1 aliphatic carbocycles. The number of halogens is 1. The molecule has 2 aromatic rings. The molecule has 1 saturated heterocycles. The van der Waals surface area contributed by atoms with Crippen LogP contribution in [-0.2, 0) is 11.2 Å². The molecule has 1 heterocycles. The summed E-state index contributed by atoms with van der Waals surface area (Å²) in [6.07, 6.45) is 6.05. The highest BCUT2D eigenvalue weighted by molar-refractivity contribution is 6.31. The van der Waals surface area contributed by atoms with Gasteiger partial charge in [0.05, 0.1) is 7.11 Å². The van der Waals surface area contributed by atoms with Crippen molar-refractivity contribution in [2.24, 2.45) is 11.3 Å². The number of rotatable bonds is 8. The number of benzene rings is 2. The summed E-state index contributed by atoms with van der Waals surface area (Å²) in [5.41, 5.74) is 2.53. The van der Waals surface area contributed by atoms with Crippen molar-refractivity contribution in [2.75, 3.05) is 33.3 Å². The fourth-order valence-corrected chi connectivity index (χ4v) is 4.99. The topological polar surface area (TPSA) is 41.6 Å². The van der Waals surface area contributed by atoms with E-state index in [4.69, 9.17) is 16.3 Å². The van der Waals surface area contributed by atoms with Crippen LogP contribution in [-0.4, -0.2) is 44.1 Å². The van der Waals surface area contributed by atoms with Crippen LogP contribution in [0.3, 0.4) is 0 Å². The van der Waals surface area contributed by atoms with Gasteiger partial charge in [-0.25, -0.2) is 0 Å². The first-order valence-electron chi connectivity index (χ1n) is 11.1.